The van der Waals surface area contributed by atoms with Crippen LogP contribution in [-0.2, 0) is 6.42 Å². The molecule has 3 heteroatoms. The van der Waals surface area contributed by atoms with Gasteiger partial charge < -0.3 is 11.1 Å². The van der Waals surface area contributed by atoms with Crippen LogP contribution >= 0.6 is 0 Å². The molecular formula is C16H18N2O. The smallest absolute Gasteiger partial charge is 0.251 e. The zero-order valence-electron chi connectivity index (χ0n) is 10.8. The minimum absolute atomic E-state index is 0.0158. The lowest BCUT2D eigenvalue weighted by Crippen LogP contribution is -2.24. The largest absolute Gasteiger partial charge is 0.399 e. The van der Waals surface area contributed by atoms with E-state index in [0.29, 0.717) is 12.1 Å². The van der Waals surface area contributed by atoms with Gasteiger partial charge in [0.1, 0.15) is 0 Å². The lowest BCUT2D eigenvalue weighted by molar-refractivity contribution is 0.0953. The number of hydrogen-bond acceptors (Lipinski definition) is 2. The quantitative estimate of drug-likeness (QED) is 0.636. The van der Waals surface area contributed by atoms with Gasteiger partial charge in [0.05, 0.1) is 0 Å². The number of aryl methyl sites for hydroxylation is 1. The van der Waals surface area contributed by atoms with E-state index in [-0.39, 0.29) is 5.91 Å². The maximum atomic E-state index is 11.8. The predicted molar refractivity (Wildman–Crippen MR) is 78.0 cm³/mol. The van der Waals surface area contributed by atoms with Crippen LogP contribution in [0.1, 0.15) is 22.3 Å². The van der Waals surface area contributed by atoms with E-state index in [2.05, 4.69) is 5.32 Å². The molecule has 0 atom stereocenters. The molecule has 0 fully saturated rings. The molecule has 3 nitrogen and oxygen atoms in total. The summed E-state index contributed by atoms with van der Waals surface area (Å²) >= 11 is 0. The molecule has 0 unspecified atom stereocenters. The SMILES string of the molecule is Nc1ccc(CCCNC(=O)c2ccccc2)cc1. The third-order valence-electron chi connectivity index (χ3n) is 2.94. The maximum Gasteiger partial charge on any atom is 0.251 e. The van der Waals surface area contributed by atoms with Crippen LogP contribution in [0.2, 0.25) is 0 Å². The average Bonchev–Trinajstić information content (AvgIpc) is 2.46. The van der Waals surface area contributed by atoms with Gasteiger partial charge in [-0.1, -0.05) is 30.3 Å². The van der Waals surface area contributed by atoms with Gasteiger partial charge in [-0.15, -0.1) is 0 Å². The second kappa shape index (κ2) is 6.59. The van der Waals surface area contributed by atoms with Gasteiger partial charge >= 0.3 is 0 Å². The summed E-state index contributed by atoms with van der Waals surface area (Å²) in [6, 6.07) is 17.1. The maximum absolute atomic E-state index is 11.8. The molecule has 0 saturated heterocycles. The molecule has 0 aliphatic rings. The molecule has 0 bridgehead atoms. The van der Waals surface area contributed by atoms with Gasteiger partial charge in [0.15, 0.2) is 0 Å². The molecule has 3 N–H and O–H groups in total. The van der Waals surface area contributed by atoms with E-state index in [1.165, 1.54) is 5.56 Å². The fraction of sp³-hybridized carbons (Fsp3) is 0.188. The lowest BCUT2D eigenvalue weighted by atomic mass is 10.1. The predicted octanol–water partition coefficient (Wildman–Crippen LogP) is 2.63. The normalized spacial score (nSPS) is 10.1. The first kappa shape index (κ1) is 13.1. The molecule has 98 valence electrons. The number of anilines is 1. The Morgan fingerprint density at radius 3 is 2.37 bits per heavy atom. The first-order chi connectivity index (χ1) is 9.25. The molecule has 0 radical (unpaired) electrons. The molecule has 2 rings (SSSR count). The van der Waals surface area contributed by atoms with Crippen molar-refractivity contribution in [1.29, 1.82) is 0 Å². The van der Waals surface area contributed by atoms with Gasteiger partial charge in [-0.25, -0.2) is 0 Å². The summed E-state index contributed by atoms with van der Waals surface area (Å²) in [6.45, 7) is 0.679. The highest BCUT2D eigenvalue weighted by atomic mass is 16.1. The zero-order chi connectivity index (χ0) is 13.5. The van der Waals surface area contributed by atoms with Gasteiger partial charge in [-0.2, -0.15) is 0 Å². The Hall–Kier alpha value is -2.29. The Bertz CT molecular complexity index is 520. The number of nitrogens with one attached hydrogen (secondary N) is 1. The fourth-order valence-electron chi connectivity index (χ4n) is 1.87. The molecule has 0 heterocycles. The topological polar surface area (TPSA) is 55.1 Å². The highest BCUT2D eigenvalue weighted by Crippen LogP contribution is 2.07. The van der Waals surface area contributed by atoms with E-state index in [4.69, 9.17) is 5.73 Å². The molecule has 0 aliphatic carbocycles. The Labute approximate surface area is 113 Å². The van der Waals surface area contributed by atoms with Gasteiger partial charge in [0.2, 0.25) is 0 Å². The van der Waals surface area contributed by atoms with Crippen LogP contribution in [0.4, 0.5) is 5.69 Å². The van der Waals surface area contributed by atoms with E-state index in [1.54, 1.807) is 0 Å². The first-order valence-corrected chi connectivity index (χ1v) is 6.43. The van der Waals surface area contributed by atoms with Gasteiger partial charge in [-0.3, -0.25) is 4.79 Å². The molecule has 0 aromatic heterocycles. The molecule has 0 aliphatic heterocycles. The van der Waals surface area contributed by atoms with Crippen molar-refractivity contribution < 1.29 is 4.79 Å². The minimum Gasteiger partial charge on any atom is -0.399 e. The number of amides is 1. The minimum atomic E-state index is -0.0158. The van der Waals surface area contributed by atoms with E-state index in [1.807, 2.05) is 54.6 Å². The van der Waals surface area contributed by atoms with Crippen LogP contribution in [-0.4, -0.2) is 12.5 Å². The number of rotatable bonds is 5. The monoisotopic (exact) mass is 254 g/mol. The third-order valence-corrected chi connectivity index (χ3v) is 2.94. The summed E-state index contributed by atoms with van der Waals surface area (Å²) in [5, 5.41) is 2.92. The van der Waals surface area contributed by atoms with Gasteiger partial charge in [-0.05, 0) is 42.7 Å². The van der Waals surface area contributed by atoms with Gasteiger partial charge in [0, 0.05) is 17.8 Å². The second-order valence-electron chi connectivity index (χ2n) is 4.47. The number of nitrogens with two attached hydrogens (primary N) is 1. The number of carbonyl (C=O) groups excluding carboxylic acids is 1. The van der Waals surface area contributed by atoms with Crippen molar-refractivity contribution in [3.8, 4) is 0 Å². The average molecular weight is 254 g/mol. The Balaban J connectivity index is 1.72. The number of hydrogen-bond donors (Lipinski definition) is 2. The van der Waals surface area contributed by atoms with Crippen molar-refractivity contribution in [3.63, 3.8) is 0 Å². The van der Waals surface area contributed by atoms with Crippen molar-refractivity contribution in [3.05, 3.63) is 65.7 Å². The van der Waals surface area contributed by atoms with Crippen LogP contribution in [0.3, 0.4) is 0 Å². The standard InChI is InChI=1S/C16H18N2O/c17-15-10-8-13(9-11-15)5-4-12-18-16(19)14-6-2-1-3-7-14/h1-3,6-11H,4-5,12,17H2,(H,18,19). The Morgan fingerprint density at radius 1 is 1.00 bits per heavy atom. The molecule has 19 heavy (non-hydrogen) atoms. The van der Waals surface area contributed by atoms with Crippen LogP contribution in [0, 0.1) is 0 Å². The Morgan fingerprint density at radius 2 is 1.68 bits per heavy atom. The highest BCUT2D eigenvalue weighted by Gasteiger charge is 2.02. The molecule has 1 amide bonds. The van der Waals surface area contributed by atoms with Crippen LogP contribution < -0.4 is 11.1 Å². The third kappa shape index (κ3) is 4.14. The van der Waals surface area contributed by atoms with Crippen molar-refractivity contribution in [2.24, 2.45) is 0 Å². The van der Waals surface area contributed by atoms with E-state index >= 15 is 0 Å². The number of nitrogen functional groups attached to an aromatic ring is 1. The van der Waals surface area contributed by atoms with Crippen molar-refractivity contribution in [1.82, 2.24) is 5.32 Å². The van der Waals surface area contributed by atoms with E-state index in [0.717, 1.165) is 18.5 Å². The summed E-state index contributed by atoms with van der Waals surface area (Å²) in [5.74, 6) is -0.0158. The van der Waals surface area contributed by atoms with E-state index < -0.39 is 0 Å². The van der Waals surface area contributed by atoms with Gasteiger partial charge in [0.25, 0.3) is 5.91 Å². The molecular weight excluding hydrogens is 236 g/mol. The molecule has 0 saturated carbocycles. The number of benzene rings is 2. The summed E-state index contributed by atoms with van der Waals surface area (Å²) in [6.07, 6.45) is 1.86. The summed E-state index contributed by atoms with van der Waals surface area (Å²) in [7, 11) is 0. The molecule has 0 spiro atoms. The fourth-order valence-corrected chi connectivity index (χ4v) is 1.87. The zero-order valence-corrected chi connectivity index (χ0v) is 10.8. The summed E-state index contributed by atoms with van der Waals surface area (Å²) < 4.78 is 0. The second-order valence-corrected chi connectivity index (χ2v) is 4.47. The van der Waals surface area contributed by atoms with Crippen molar-refractivity contribution >= 4 is 11.6 Å². The Kier molecular flexibility index (Phi) is 4.56. The summed E-state index contributed by atoms with van der Waals surface area (Å²) in [4.78, 5) is 11.8. The molecule has 2 aromatic rings. The lowest BCUT2D eigenvalue weighted by Gasteiger charge is -2.05. The van der Waals surface area contributed by atoms with Crippen LogP contribution in [0.5, 0.6) is 0 Å². The van der Waals surface area contributed by atoms with E-state index in [9.17, 15) is 4.79 Å². The summed E-state index contributed by atoms with van der Waals surface area (Å²) in [5.41, 5.74) is 8.35. The van der Waals surface area contributed by atoms with Crippen molar-refractivity contribution in [2.75, 3.05) is 12.3 Å². The van der Waals surface area contributed by atoms with Crippen LogP contribution in [0.15, 0.2) is 54.6 Å². The van der Waals surface area contributed by atoms with Crippen LogP contribution in [0.25, 0.3) is 0 Å². The molecule has 2 aromatic carbocycles. The van der Waals surface area contributed by atoms with Crippen molar-refractivity contribution in [2.45, 2.75) is 12.8 Å². The highest BCUT2D eigenvalue weighted by molar-refractivity contribution is 5.94. The first-order valence-electron chi connectivity index (χ1n) is 6.43. The number of carbonyl (C=O) groups is 1.